The lowest BCUT2D eigenvalue weighted by molar-refractivity contribution is 0.328. The number of ether oxygens (including phenoxy) is 2. The van der Waals surface area contributed by atoms with Gasteiger partial charge in [0.15, 0.2) is 5.65 Å². The molecule has 0 fully saturated rings. The van der Waals surface area contributed by atoms with Gasteiger partial charge in [0.05, 0.1) is 24.8 Å². The predicted molar refractivity (Wildman–Crippen MR) is 77.0 cm³/mol. The molecule has 2 heterocycles. The summed E-state index contributed by atoms with van der Waals surface area (Å²) in [5.41, 5.74) is 1.47. The molecule has 6 heteroatoms. The SMILES string of the molecule is CCOc1ccc2[nH]c(-c3c(F)cccc3OC)nc2n1. The maximum absolute atomic E-state index is 14.1. The van der Waals surface area contributed by atoms with Gasteiger partial charge in [-0.3, -0.25) is 0 Å². The van der Waals surface area contributed by atoms with Crippen molar-refractivity contribution in [3.63, 3.8) is 0 Å². The normalized spacial score (nSPS) is 10.8. The Labute approximate surface area is 120 Å². The maximum Gasteiger partial charge on any atom is 0.215 e. The van der Waals surface area contributed by atoms with E-state index in [4.69, 9.17) is 9.47 Å². The van der Waals surface area contributed by atoms with E-state index < -0.39 is 5.82 Å². The van der Waals surface area contributed by atoms with Gasteiger partial charge in [0.25, 0.3) is 0 Å². The van der Waals surface area contributed by atoms with E-state index in [9.17, 15) is 4.39 Å². The van der Waals surface area contributed by atoms with Crippen LogP contribution in [0.25, 0.3) is 22.6 Å². The molecular weight excluding hydrogens is 273 g/mol. The first-order valence-electron chi connectivity index (χ1n) is 6.55. The number of benzene rings is 1. The summed E-state index contributed by atoms with van der Waals surface area (Å²) in [6.45, 7) is 2.41. The van der Waals surface area contributed by atoms with E-state index in [-0.39, 0.29) is 5.56 Å². The lowest BCUT2D eigenvalue weighted by Crippen LogP contribution is -1.94. The molecule has 0 spiro atoms. The van der Waals surface area contributed by atoms with Crippen LogP contribution < -0.4 is 9.47 Å². The highest BCUT2D eigenvalue weighted by Gasteiger charge is 2.16. The Hall–Kier alpha value is -2.63. The Balaban J connectivity index is 2.13. The van der Waals surface area contributed by atoms with Crippen molar-refractivity contribution in [1.82, 2.24) is 15.0 Å². The van der Waals surface area contributed by atoms with Crippen molar-refractivity contribution in [3.8, 4) is 23.0 Å². The average molecular weight is 287 g/mol. The quantitative estimate of drug-likeness (QED) is 0.800. The van der Waals surface area contributed by atoms with Gasteiger partial charge in [-0.05, 0) is 25.1 Å². The van der Waals surface area contributed by atoms with Crippen LogP contribution in [0, 0.1) is 5.82 Å². The molecule has 0 radical (unpaired) electrons. The van der Waals surface area contributed by atoms with E-state index in [1.54, 1.807) is 24.3 Å². The lowest BCUT2D eigenvalue weighted by Gasteiger charge is -2.06. The molecule has 21 heavy (non-hydrogen) atoms. The minimum absolute atomic E-state index is 0.288. The third-order valence-electron chi connectivity index (χ3n) is 3.04. The highest BCUT2D eigenvalue weighted by atomic mass is 19.1. The third-order valence-corrected chi connectivity index (χ3v) is 3.04. The van der Waals surface area contributed by atoms with Gasteiger partial charge >= 0.3 is 0 Å². The van der Waals surface area contributed by atoms with Crippen molar-refractivity contribution in [2.45, 2.75) is 6.92 Å². The van der Waals surface area contributed by atoms with Crippen LogP contribution in [0.4, 0.5) is 4.39 Å². The number of hydrogen-bond acceptors (Lipinski definition) is 4. The van der Waals surface area contributed by atoms with Gasteiger partial charge in [0, 0.05) is 6.07 Å². The Kier molecular flexibility index (Phi) is 3.43. The Morgan fingerprint density at radius 3 is 2.81 bits per heavy atom. The van der Waals surface area contributed by atoms with Crippen LogP contribution >= 0.6 is 0 Å². The fourth-order valence-electron chi connectivity index (χ4n) is 2.13. The van der Waals surface area contributed by atoms with Crippen LogP contribution in [-0.4, -0.2) is 28.7 Å². The fraction of sp³-hybridized carbons (Fsp3) is 0.200. The monoisotopic (exact) mass is 287 g/mol. The molecule has 0 saturated heterocycles. The van der Waals surface area contributed by atoms with E-state index in [0.29, 0.717) is 35.2 Å². The van der Waals surface area contributed by atoms with Gasteiger partial charge in [-0.2, -0.15) is 4.98 Å². The molecule has 3 rings (SSSR count). The molecule has 0 saturated carbocycles. The highest BCUT2D eigenvalue weighted by molar-refractivity contribution is 5.78. The first-order chi connectivity index (χ1) is 10.2. The minimum atomic E-state index is -0.404. The molecule has 5 nitrogen and oxygen atoms in total. The molecule has 2 aromatic heterocycles. The van der Waals surface area contributed by atoms with E-state index in [0.717, 1.165) is 0 Å². The number of pyridine rings is 1. The van der Waals surface area contributed by atoms with Gasteiger partial charge in [0.1, 0.15) is 17.4 Å². The summed E-state index contributed by atoms with van der Waals surface area (Å²) in [7, 11) is 1.49. The summed E-state index contributed by atoms with van der Waals surface area (Å²) < 4.78 is 24.6. The predicted octanol–water partition coefficient (Wildman–Crippen LogP) is 3.17. The number of rotatable bonds is 4. The second kappa shape index (κ2) is 5.40. The molecule has 0 bridgehead atoms. The fourth-order valence-corrected chi connectivity index (χ4v) is 2.13. The molecule has 0 aliphatic heterocycles. The van der Waals surface area contributed by atoms with E-state index >= 15 is 0 Å². The zero-order valence-corrected chi connectivity index (χ0v) is 11.7. The average Bonchev–Trinajstić information content (AvgIpc) is 2.89. The molecule has 1 aromatic carbocycles. The molecule has 0 amide bonds. The van der Waals surface area contributed by atoms with Crippen LogP contribution in [-0.2, 0) is 0 Å². The Bertz CT molecular complexity index is 786. The summed E-state index contributed by atoms with van der Waals surface area (Å²) >= 11 is 0. The van der Waals surface area contributed by atoms with Crippen LogP contribution in [0.15, 0.2) is 30.3 Å². The number of nitrogens with zero attached hydrogens (tertiary/aromatic N) is 2. The van der Waals surface area contributed by atoms with E-state index in [2.05, 4.69) is 15.0 Å². The number of methoxy groups -OCH3 is 1. The second-order valence-corrected chi connectivity index (χ2v) is 4.36. The number of fused-ring (bicyclic) bond motifs is 1. The molecule has 0 aliphatic carbocycles. The van der Waals surface area contributed by atoms with Crippen LogP contribution in [0.3, 0.4) is 0 Å². The molecule has 0 atom stereocenters. The van der Waals surface area contributed by atoms with Crippen molar-refractivity contribution in [3.05, 3.63) is 36.1 Å². The van der Waals surface area contributed by atoms with Crippen LogP contribution in [0.5, 0.6) is 11.6 Å². The van der Waals surface area contributed by atoms with Crippen molar-refractivity contribution in [1.29, 1.82) is 0 Å². The zero-order chi connectivity index (χ0) is 14.8. The molecule has 0 aliphatic rings. The zero-order valence-electron chi connectivity index (χ0n) is 11.7. The van der Waals surface area contributed by atoms with Crippen molar-refractivity contribution >= 4 is 11.2 Å². The largest absolute Gasteiger partial charge is 0.496 e. The molecule has 3 aromatic rings. The molecule has 0 unspecified atom stereocenters. The number of H-pyrrole nitrogens is 1. The first-order valence-corrected chi connectivity index (χ1v) is 6.55. The third kappa shape index (κ3) is 2.40. The van der Waals surface area contributed by atoms with Gasteiger partial charge in [-0.15, -0.1) is 0 Å². The number of halogens is 1. The van der Waals surface area contributed by atoms with Crippen molar-refractivity contribution < 1.29 is 13.9 Å². The van der Waals surface area contributed by atoms with Gasteiger partial charge < -0.3 is 14.5 Å². The summed E-state index contributed by atoms with van der Waals surface area (Å²) in [5.74, 6) is 0.877. The number of aromatic nitrogens is 3. The van der Waals surface area contributed by atoms with E-state index in [1.165, 1.54) is 13.2 Å². The number of aromatic amines is 1. The number of imidazole rings is 1. The highest BCUT2D eigenvalue weighted by Crippen LogP contribution is 2.31. The van der Waals surface area contributed by atoms with Gasteiger partial charge in [-0.1, -0.05) is 6.07 Å². The van der Waals surface area contributed by atoms with Gasteiger partial charge in [-0.25, -0.2) is 9.37 Å². The Morgan fingerprint density at radius 2 is 2.05 bits per heavy atom. The van der Waals surface area contributed by atoms with Crippen molar-refractivity contribution in [2.24, 2.45) is 0 Å². The first kappa shape index (κ1) is 13.4. The molecule has 108 valence electrons. The summed E-state index contributed by atoms with van der Waals surface area (Å²) in [5, 5.41) is 0. The minimum Gasteiger partial charge on any atom is -0.496 e. The topological polar surface area (TPSA) is 60.0 Å². The van der Waals surface area contributed by atoms with Crippen LogP contribution in [0.1, 0.15) is 6.92 Å². The smallest absolute Gasteiger partial charge is 0.215 e. The standard InChI is InChI=1S/C15H14FN3O2/c1-3-21-12-8-7-10-14(18-12)19-15(17-10)13-9(16)5-4-6-11(13)20-2/h4-8H,3H2,1-2H3,(H,17,18,19). The number of nitrogens with one attached hydrogen (secondary N) is 1. The van der Waals surface area contributed by atoms with E-state index in [1.807, 2.05) is 6.92 Å². The molecular formula is C15H14FN3O2. The maximum atomic E-state index is 14.1. The second-order valence-electron chi connectivity index (χ2n) is 4.36. The summed E-state index contributed by atoms with van der Waals surface area (Å²) in [6.07, 6.45) is 0. The summed E-state index contributed by atoms with van der Waals surface area (Å²) in [6, 6.07) is 8.18. The number of hydrogen-bond donors (Lipinski definition) is 1. The van der Waals surface area contributed by atoms with Crippen LogP contribution in [0.2, 0.25) is 0 Å². The van der Waals surface area contributed by atoms with Gasteiger partial charge in [0.2, 0.25) is 5.88 Å². The lowest BCUT2D eigenvalue weighted by atomic mass is 10.2. The molecule has 1 N–H and O–H groups in total. The van der Waals surface area contributed by atoms with Crippen molar-refractivity contribution in [2.75, 3.05) is 13.7 Å². The summed E-state index contributed by atoms with van der Waals surface area (Å²) in [4.78, 5) is 11.6. The Morgan fingerprint density at radius 1 is 1.19 bits per heavy atom.